The lowest BCUT2D eigenvalue weighted by Crippen LogP contribution is -2.52. The molecule has 0 atom stereocenters. The molecule has 1 aliphatic carbocycles. The van der Waals surface area contributed by atoms with E-state index in [0.717, 1.165) is 12.4 Å². The van der Waals surface area contributed by atoms with Gasteiger partial charge in [-0.15, -0.1) is 11.6 Å². The zero-order valence-electron chi connectivity index (χ0n) is 6.62. The molecule has 1 fully saturated rings. The maximum atomic E-state index is 5.83. The number of halogens is 1. The maximum Gasteiger partial charge on any atom is 0.0406 e. The van der Waals surface area contributed by atoms with Gasteiger partial charge in [-0.3, -0.25) is 0 Å². The van der Waals surface area contributed by atoms with E-state index in [1.807, 2.05) is 0 Å². The van der Waals surface area contributed by atoms with Crippen molar-refractivity contribution >= 4 is 11.6 Å². The molecule has 1 nitrogen and oxygen atoms in total. The highest BCUT2D eigenvalue weighted by molar-refractivity contribution is 6.18. The average Bonchev–Trinajstić information content (AvgIpc) is 1.87. The summed E-state index contributed by atoms with van der Waals surface area (Å²) < 4.78 is 0. The monoisotopic (exact) mass is 161 g/mol. The van der Waals surface area contributed by atoms with E-state index in [1.165, 1.54) is 25.7 Å². The van der Waals surface area contributed by atoms with Crippen LogP contribution in [0.25, 0.3) is 0 Å². The Morgan fingerprint density at radius 1 is 1.50 bits per heavy atom. The van der Waals surface area contributed by atoms with Crippen LogP contribution in [0.2, 0.25) is 0 Å². The van der Waals surface area contributed by atoms with E-state index in [4.69, 9.17) is 11.6 Å². The van der Waals surface area contributed by atoms with Crippen LogP contribution in [0.15, 0.2) is 0 Å². The van der Waals surface area contributed by atoms with Gasteiger partial charge in [-0.25, -0.2) is 0 Å². The predicted molar refractivity (Wildman–Crippen MR) is 45.6 cm³/mol. The quantitative estimate of drug-likeness (QED) is 0.624. The van der Waals surface area contributed by atoms with Gasteiger partial charge in [-0.1, -0.05) is 6.92 Å². The molecule has 0 aromatic carbocycles. The van der Waals surface area contributed by atoms with Crippen LogP contribution in [-0.4, -0.2) is 18.0 Å². The van der Waals surface area contributed by atoms with Gasteiger partial charge in [-0.2, -0.15) is 0 Å². The highest BCUT2D eigenvalue weighted by Crippen LogP contribution is 2.32. The van der Waals surface area contributed by atoms with E-state index in [0.29, 0.717) is 5.54 Å². The Morgan fingerprint density at radius 3 is 2.50 bits per heavy atom. The number of nitrogens with one attached hydrogen (secondary N) is 1. The summed E-state index contributed by atoms with van der Waals surface area (Å²) in [5, 5.41) is 3.50. The van der Waals surface area contributed by atoms with Crippen LogP contribution < -0.4 is 5.32 Å². The zero-order valence-corrected chi connectivity index (χ0v) is 7.38. The molecule has 10 heavy (non-hydrogen) atoms. The molecular formula is C8H16ClN. The van der Waals surface area contributed by atoms with Gasteiger partial charge in [0.15, 0.2) is 0 Å². The summed E-state index contributed by atoms with van der Waals surface area (Å²) in [5.74, 6) is 0.785. The van der Waals surface area contributed by atoms with Crippen molar-refractivity contribution < 1.29 is 0 Å². The Morgan fingerprint density at radius 2 is 2.20 bits per heavy atom. The summed E-state index contributed by atoms with van der Waals surface area (Å²) in [7, 11) is 0. The van der Waals surface area contributed by atoms with Crippen molar-refractivity contribution in [2.24, 2.45) is 0 Å². The van der Waals surface area contributed by atoms with Crippen LogP contribution in [0.1, 0.15) is 32.6 Å². The third kappa shape index (κ3) is 1.64. The molecule has 1 N–H and O–H groups in total. The van der Waals surface area contributed by atoms with Gasteiger partial charge in [0.05, 0.1) is 0 Å². The molecule has 0 heterocycles. The number of hydrogen-bond acceptors (Lipinski definition) is 1. The molecule has 0 saturated heterocycles. The first kappa shape index (κ1) is 8.35. The maximum absolute atomic E-state index is 5.83. The van der Waals surface area contributed by atoms with Crippen molar-refractivity contribution in [2.75, 3.05) is 12.4 Å². The van der Waals surface area contributed by atoms with Crippen LogP contribution >= 0.6 is 11.6 Å². The van der Waals surface area contributed by atoms with Crippen molar-refractivity contribution in [1.82, 2.24) is 5.32 Å². The predicted octanol–water partition coefficient (Wildman–Crippen LogP) is 2.15. The van der Waals surface area contributed by atoms with E-state index in [2.05, 4.69) is 12.2 Å². The average molecular weight is 162 g/mol. The fraction of sp³-hybridized carbons (Fsp3) is 1.00. The smallest absolute Gasteiger partial charge is 0.0406 e. The Balaban J connectivity index is 2.20. The molecule has 0 aromatic heterocycles. The second-order valence-electron chi connectivity index (χ2n) is 3.19. The van der Waals surface area contributed by atoms with E-state index < -0.39 is 0 Å². The van der Waals surface area contributed by atoms with E-state index in [1.54, 1.807) is 0 Å². The van der Waals surface area contributed by atoms with Gasteiger partial charge in [0.2, 0.25) is 0 Å². The molecule has 0 aromatic rings. The fourth-order valence-corrected chi connectivity index (χ4v) is 1.71. The summed E-state index contributed by atoms with van der Waals surface area (Å²) in [4.78, 5) is 0. The molecule has 2 heteroatoms. The number of rotatable bonds is 4. The number of hydrogen-bond donors (Lipinski definition) is 1. The Bertz CT molecular complexity index is 93.9. The fourth-order valence-electron chi connectivity index (χ4n) is 1.35. The second-order valence-corrected chi connectivity index (χ2v) is 3.46. The van der Waals surface area contributed by atoms with Gasteiger partial charge in [0, 0.05) is 11.4 Å². The molecular weight excluding hydrogens is 146 g/mol. The second kappa shape index (κ2) is 3.59. The SMILES string of the molecule is CCCNC1(CCl)CCC1. The molecule has 0 unspecified atom stereocenters. The van der Waals surface area contributed by atoms with Gasteiger partial charge >= 0.3 is 0 Å². The number of alkyl halides is 1. The lowest BCUT2D eigenvalue weighted by atomic mass is 9.78. The molecule has 60 valence electrons. The summed E-state index contributed by atoms with van der Waals surface area (Å²) >= 11 is 5.83. The molecule has 0 aliphatic heterocycles. The highest BCUT2D eigenvalue weighted by Gasteiger charge is 2.34. The first-order valence-corrected chi connectivity index (χ1v) is 4.67. The standard InChI is InChI=1S/C8H16ClN/c1-2-6-10-8(7-9)4-3-5-8/h10H,2-7H2,1H3. The normalized spacial score (nSPS) is 22.2. The topological polar surface area (TPSA) is 12.0 Å². The summed E-state index contributed by atoms with van der Waals surface area (Å²) in [6.07, 6.45) is 5.11. The van der Waals surface area contributed by atoms with Crippen molar-refractivity contribution in [1.29, 1.82) is 0 Å². The van der Waals surface area contributed by atoms with Crippen molar-refractivity contribution in [3.63, 3.8) is 0 Å². The largest absolute Gasteiger partial charge is 0.310 e. The molecule has 0 spiro atoms. The van der Waals surface area contributed by atoms with Gasteiger partial charge in [-0.05, 0) is 32.2 Å². The third-order valence-corrected chi connectivity index (χ3v) is 2.83. The summed E-state index contributed by atoms with van der Waals surface area (Å²) in [6.45, 7) is 3.31. The lowest BCUT2D eigenvalue weighted by molar-refractivity contribution is 0.214. The summed E-state index contributed by atoms with van der Waals surface area (Å²) in [6, 6.07) is 0. The van der Waals surface area contributed by atoms with Crippen molar-refractivity contribution in [3.8, 4) is 0 Å². The zero-order chi connectivity index (χ0) is 7.45. The Kier molecular flexibility index (Phi) is 2.99. The highest BCUT2D eigenvalue weighted by atomic mass is 35.5. The molecule has 0 bridgehead atoms. The summed E-state index contributed by atoms with van der Waals surface area (Å²) in [5.41, 5.74) is 0.331. The molecule has 1 aliphatic rings. The molecule has 0 amide bonds. The Labute approximate surface area is 68.1 Å². The lowest BCUT2D eigenvalue weighted by Gasteiger charge is -2.41. The van der Waals surface area contributed by atoms with E-state index in [-0.39, 0.29) is 0 Å². The van der Waals surface area contributed by atoms with Crippen LogP contribution in [0.4, 0.5) is 0 Å². The van der Waals surface area contributed by atoms with Gasteiger partial charge in [0.25, 0.3) is 0 Å². The van der Waals surface area contributed by atoms with Crippen molar-refractivity contribution in [2.45, 2.75) is 38.1 Å². The minimum atomic E-state index is 0.331. The van der Waals surface area contributed by atoms with Gasteiger partial charge < -0.3 is 5.32 Å². The van der Waals surface area contributed by atoms with E-state index in [9.17, 15) is 0 Å². The van der Waals surface area contributed by atoms with Crippen LogP contribution in [0.3, 0.4) is 0 Å². The van der Waals surface area contributed by atoms with Crippen LogP contribution in [-0.2, 0) is 0 Å². The molecule has 1 saturated carbocycles. The first-order chi connectivity index (χ1) is 4.83. The van der Waals surface area contributed by atoms with E-state index >= 15 is 0 Å². The van der Waals surface area contributed by atoms with Crippen LogP contribution in [0, 0.1) is 0 Å². The van der Waals surface area contributed by atoms with Crippen molar-refractivity contribution in [3.05, 3.63) is 0 Å². The molecule has 0 radical (unpaired) electrons. The minimum Gasteiger partial charge on any atom is -0.310 e. The van der Waals surface area contributed by atoms with Crippen LogP contribution in [0.5, 0.6) is 0 Å². The molecule has 1 rings (SSSR count). The Hall–Kier alpha value is 0.250. The minimum absolute atomic E-state index is 0.331. The third-order valence-electron chi connectivity index (χ3n) is 2.32. The van der Waals surface area contributed by atoms with Gasteiger partial charge in [0.1, 0.15) is 0 Å². The first-order valence-electron chi connectivity index (χ1n) is 4.14.